The Hall–Kier alpha value is -6.40. The summed E-state index contributed by atoms with van der Waals surface area (Å²) >= 11 is 0. The predicted octanol–water partition coefficient (Wildman–Crippen LogP) is 2.23. The van der Waals surface area contributed by atoms with Gasteiger partial charge in [-0.3, -0.25) is 24.5 Å². The van der Waals surface area contributed by atoms with E-state index in [1.807, 2.05) is 0 Å². The number of ether oxygens (including phenoxy) is 2. The second kappa shape index (κ2) is 14.8. The van der Waals surface area contributed by atoms with Crippen molar-refractivity contribution in [2.75, 3.05) is 34.9 Å². The van der Waals surface area contributed by atoms with Gasteiger partial charge in [0.05, 0.1) is 18.5 Å². The minimum absolute atomic E-state index is 0.00278. The van der Waals surface area contributed by atoms with Crippen molar-refractivity contribution in [3.63, 3.8) is 0 Å². The first kappa shape index (κ1) is 36.4. The van der Waals surface area contributed by atoms with E-state index in [1.54, 1.807) is 55.2 Å². The molecule has 0 radical (unpaired) electrons. The second-order valence-electron chi connectivity index (χ2n) is 12.2. The minimum atomic E-state index is -0.716. The van der Waals surface area contributed by atoms with Crippen molar-refractivity contribution in [3.8, 4) is 0 Å². The highest BCUT2D eigenvalue weighted by atomic mass is 16.6. The number of nitrogens with one attached hydrogen (secondary N) is 5. The average molecular weight is 694 g/mol. The molecule has 0 atom stereocenters. The van der Waals surface area contributed by atoms with Crippen LogP contribution < -0.4 is 26.6 Å². The summed E-state index contributed by atoms with van der Waals surface area (Å²) in [6.45, 7) is 5.14. The lowest BCUT2D eigenvalue weighted by atomic mass is 10.2. The van der Waals surface area contributed by atoms with Crippen molar-refractivity contribution in [1.29, 1.82) is 0 Å². The van der Waals surface area contributed by atoms with E-state index in [4.69, 9.17) is 9.47 Å². The van der Waals surface area contributed by atoms with E-state index in [1.165, 1.54) is 56.1 Å². The molecule has 4 aromatic rings. The Balaban J connectivity index is 1.26. The standard InChI is InChI=1S/C31H39N11O8/c1-31(2,3)50-30(48)38-22-16-42(7)25(37-22)28(46)33-17-11-19(39(4)13-17)26(44)32-10-9-23(43)35-21-15-41(6)24(36-21)27(45)34-18-12-20(29(47)49-8)40(5)14-18/h11-16H,9-10H2,1-8H3,(H,32,44)(H,33,46)(H,34,45)(H,35,43)(H,38,48). The van der Waals surface area contributed by atoms with Gasteiger partial charge in [-0.05, 0) is 32.9 Å². The predicted molar refractivity (Wildman–Crippen MR) is 180 cm³/mol. The van der Waals surface area contributed by atoms with Crippen molar-refractivity contribution in [2.24, 2.45) is 28.2 Å². The molecule has 0 unspecified atom stereocenters. The number of rotatable bonds is 11. The van der Waals surface area contributed by atoms with E-state index in [0.717, 1.165) is 0 Å². The summed E-state index contributed by atoms with van der Waals surface area (Å²) in [5.74, 6) is -2.41. The first-order valence-corrected chi connectivity index (χ1v) is 15.1. The zero-order chi connectivity index (χ0) is 36.9. The van der Waals surface area contributed by atoms with Crippen LogP contribution >= 0.6 is 0 Å². The third-order valence-electron chi connectivity index (χ3n) is 6.85. The lowest BCUT2D eigenvalue weighted by Gasteiger charge is -2.18. The summed E-state index contributed by atoms with van der Waals surface area (Å²) in [6.07, 6.45) is 5.18. The molecule has 0 fully saturated rings. The van der Waals surface area contributed by atoms with Gasteiger partial charge in [-0.2, -0.15) is 0 Å². The fraction of sp³-hybridized carbons (Fsp3) is 0.355. The number of hydrogen-bond donors (Lipinski definition) is 5. The summed E-state index contributed by atoms with van der Waals surface area (Å²) in [5, 5.41) is 13.0. The largest absolute Gasteiger partial charge is 0.464 e. The summed E-state index contributed by atoms with van der Waals surface area (Å²) in [5.41, 5.74) is 0.417. The van der Waals surface area contributed by atoms with E-state index in [9.17, 15) is 28.8 Å². The molecule has 4 rings (SSSR count). The summed E-state index contributed by atoms with van der Waals surface area (Å²) in [4.78, 5) is 83.3. The molecule has 0 aromatic carbocycles. The topological polar surface area (TPSA) is 227 Å². The molecule has 0 aliphatic heterocycles. The number of methoxy groups -OCH3 is 1. The maximum absolute atomic E-state index is 12.9. The van der Waals surface area contributed by atoms with E-state index in [2.05, 4.69) is 36.6 Å². The van der Waals surface area contributed by atoms with Crippen LogP contribution in [0.1, 0.15) is 69.4 Å². The minimum Gasteiger partial charge on any atom is -0.464 e. The zero-order valence-corrected chi connectivity index (χ0v) is 28.8. The maximum atomic E-state index is 12.9. The van der Waals surface area contributed by atoms with Gasteiger partial charge in [0.2, 0.25) is 17.6 Å². The number of carbonyl (C=O) groups is 6. The number of nitrogens with zero attached hydrogens (tertiary/aromatic N) is 6. The fourth-order valence-corrected chi connectivity index (χ4v) is 4.64. The third-order valence-corrected chi connectivity index (χ3v) is 6.85. The lowest BCUT2D eigenvalue weighted by molar-refractivity contribution is -0.116. The SMILES string of the molecule is COC(=O)c1cc(NC(=O)c2nc(NC(=O)CCNC(=O)c3cc(NC(=O)c4nc(NC(=O)OC(C)(C)C)cn4C)cn3C)cn2C)cn1C. The summed E-state index contributed by atoms with van der Waals surface area (Å²) < 4.78 is 15.8. The molecule has 5 amide bonds. The molecule has 50 heavy (non-hydrogen) atoms. The molecule has 0 spiro atoms. The van der Waals surface area contributed by atoms with Gasteiger partial charge in [-0.1, -0.05) is 0 Å². The van der Waals surface area contributed by atoms with Crippen molar-refractivity contribution in [3.05, 3.63) is 60.0 Å². The van der Waals surface area contributed by atoms with Crippen molar-refractivity contribution in [2.45, 2.75) is 32.8 Å². The second-order valence-corrected chi connectivity index (χ2v) is 12.2. The van der Waals surface area contributed by atoms with Crippen molar-refractivity contribution < 1.29 is 38.2 Å². The van der Waals surface area contributed by atoms with E-state index in [0.29, 0.717) is 11.4 Å². The van der Waals surface area contributed by atoms with Gasteiger partial charge < -0.3 is 49.0 Å². The van der Waals surface area contributed by atoms with Crippen molar-refractivity contribution in [1.82, 2.24) is 33.6 Å². The molecule has 19 heteroatoms. The highest BCUT2D eigenvalue weighted by Gasteiger charge is 2.22. The lowest BCUT2D eigenvalue weighted by Crippen LogP contribution is -2.29. The molecule has 0 aliphatic carbocycles. The van der Waals surface area contributed by atoms with Crippen LogP contribution in [-0.4, -0.2) is 83.2 Å². The van der Waals surface area contributed by atoms with Gasteiger partial charge >= 0.3 is 12.1 Å². The number of esters is 1. The monoisotopic (exact) mass is 693 g/mol. The third kappa shape index (κ3) is 9.14. The molecule has 0 aliphatic rings. The molecule has 19 nitrogen and oxygen atoms in total. The van der Waals surface area contributed by atoms with Crippen LogP contribution in [0.2, 0.25) is 0 Å². The van der Waals surface area contributed by atoms with Gasteiger partial charge in [0.1, 0.15) is 17.0 Å². The molecular weight excluding hydrogens is 654 g/mol. The van der Waals surface area contributed by atoms with Crippen LogP contribution in [0.15, 0.2) is 36.9 Å². The van der Waals surface area contributed by atoms with Gasteiger partial charge in [-0.25, -0.2) is 19.6 Å². The Morgan fingerprint density at radius 1 is 0.680 bits per heavy atom. The maximum Gasteiger partial charge on any atom is 0.413 e. The highest BCUT2D eigenvalue weighted by Crippen LogP contribution is 2.18. The summed E-state index contributed by atoms with van der Waals surface area (Å²) in [6, 6.07) is 2.92. The van der Waals surface area contributed by atoms with Gasteiger partial charge in [0.25, 0.3) is 17.7 Å². The number of imidazole rings is 2. The Kier molecular flexibility index (Phi) is 10.8. The van der Waals surface area contributed by atoms with Crippen LogP contribution in [-0.2, 0) is 42.5 Å². The van der Waals surface area contributed by atoms with E-state index in [-0.39, 0.29) is 47.6 Å². The average Bonchev–Trinajstić information content (AvgIpc) is 3.76. The number of hydrogen-bond acceptors (Lipinski definition) is 10. The normalized spacial score (nSPS) is 11.0. The molecule has 0 bridgehead atoms. The Labute approximate surface area is 286 Å². The number of aryl methyl sites for hydroxylation is 4. The zero-order valence-electron chi connectivity index (χ0n) is 28.8. The fourth-order valence-electron chi connectivity index (χ4n) is 4.64. The molecule has 266 valence electrons. The van der Waals surface area contributed by atoms with Crippen LogP contribution in [0.3, 0.4) is 0 Å². The Bertz CT molecular complexity index is 1960. The van der Waals surface area contributed by atoms with Crippen LogP contribution in [0.25, 0.3) is 0 Å². The molecule has 4 aromatic heterocycles. The van der Waals surface area contributed by atoms with Gasteiger partial charge in [0, 0.05) is 65.9 Å². The van der Waals surface area contributed by atoms with Gasteiger partial charge in [0.15, 0.2) is 11.6 Å². The first-order chi connectivity index (χ1) is 23.4. The Morgan fingerprint density at radius 2 is 1.18 bits per heavy atom. The number of anilines is 4. The number of carbonyl (C=O) groups excluding carboxylic acids is 6. The summed E-state index contributed by atoms with van der Waals surface area (Å²) in [7, 11) is 7.67. The highest BCUT2D eigenvalue weighted by molar-refractivity contribution is 6.04. The van der Waals surface area contributed by atoms with Gasteiger partial charge in [-0.15, -0.1) is 0 Å². The molecule has 0 saturated carbocycles. The molecule has 5 N–H and O–H groups in total. The van der Waals surface area contributed by atoms with Crippen molar-refractivity contribution >= 4 is 58.7 Å². The smallest absolute Gasteiger partial charge is 0.413 e. The quantitative estimate of drug-likeness (QED) is 0.144. The molecule has 4 heterocycles. The molecular formula is C31H39N11O8. The van der Waals surface area contributed by atoms with Crippen LogP contribution in [0.5, 0.6) is 0 Å². The van der Waals surface area contributed by atoms with E-state index >= 15 is 0 Å². The first-order valence-electron chi connectivity index (χ1n) is 15.1. The van der Waals surface area contributed by atoms with E-state index < -0.39 is 41.3 Å². The van der Waals surface area contributed by atoms with Crippen LogP contribution in [0.4, 0.5) is 27.8 Å². The van der Waals surface area contributed by atoms with Crippen LogP contribution in [0, 0.1) is 0 Å². The number of amides is 5. The molecule has 0 saturated heterocycles. The Morgan fingerprint density at radius 3 is 1.70 bits per heavy atom. The number of aromatic nitrogens is 6.